The van der Waals surface area contributed by atoms with E-state index >= 15 is 0 Å². The van der Waals surface area contributed by atoms with Crippen LogP contribution in [-0.4, -0.2) is 4.98 Å². The molecule has 0 aliphatic carbocycles. The van der Waals surface area contributed by atoms with Crippen molar-refractivity contribution in [3.05, 3.63) is 22.5 Å². The minimum absolute atomic E-state index is 0.0662. The maximum atomic E-state index is 12.1. The van der Waals surface area contributed by atoms with Crippen molar-refractivity contribution in [3.8, 4) is 6.07 Å². The Kier molecular flexibility index (Phi) is 2.63. The molecule has 0 amide bonds. The van der Waals surface area contributed by atoms with Gasteiger partial charge in [-0.3, -0.25) is 0 Å². The first-order valence-electron chi connectivity index (χ1n) is 3.20. The molecule has 0 saturated heterocycles. The Morgan fingerprint density at radius 1 is 1.62 bits per heavy atom. The number of halogens is 3. The van der Waals surface area contributed by atoms with Crippen molar-refractivity contribution in [3.63, 3.8) is 0 Å². The Morgan fingerprint density at radius 2 is 2.23 bits per heavy atom. The third-order valence-electron chi connectivity index (χ3n) is 1.34. The normalized spacial score (nSPS) is 10.1. The average Bonchev–Trinajstić information content (AvgIpc) is 2.09. The summed E-state index contributed by atoms with van der Waals surface area (Å²) in [7, 11) is 0. The smallest absolute Gasteiger partial charge is 0.280 e. The Labute approximate surface area is 77.7 Å². The molecule has 3 nitrogen and oxygen atoms in total. The number of nitrogens with two attached hydrogens (primary N) is 1. The van der Waals surface area contributed by atoms with E-state index in [0.717, 1.165) is 6.07 Å². The highest BCUT2D eigenvalue weighted by atomic mass is 35.5. The summed E-state index contributed by atoms with van der Waals surface area (Å²) < 4.78 is 24.2. The van der Waals surface area contributed by atoms with Crippen molar-refractivity contribution >= 4 is 17.3 Å². The summed E-state index contributed by atoms with van der Waals surface area (Å²) in [4.78, 5) is 3.33. The summed E-state index contributed by atoms with van der Waals surface area (Å²) >= 11 is 5.52. The lowest BCUT2D eigenvalue weighted by atomic mass is 10.2. The summed E-state index contributed by atoms with van der Waals surface area (Å²) in [5, 5.41) is 8.36. The molecule has 1 aromatic rings. The lowest BCUT2D eigenvalue weighted by Crippen LogP contribution is -1.98. The van der Waals surface area contributed by atoms with Gasteiger partial charge in [-0.05, 0) is 6.07 Å². The molecule has 0 radical (unpaired) electrons. The number of pyridine rings is 1. The van der Waals surface area contributed by atoms with E-state index < -0.39 is 12.1 Å². The molecule has 0 spiro atoms. The third-order valence-corrected chi connectivity index (χ3v) is 1.73. The van der Waals surface area contributed by atoms with Gasteiger partial charge in [-0.15, -0.1) is 0 Å². The van der Waals surface area contributed by atoms with Gasteiger partial charge in [0, 0.05) is 0 Å². The van der Waals surface area contributed by atoms with Crippen LogP contribution in [0.4, 0.5) is 14.5 Å². The van der Waals surface area contributed by atoms with Gasteiger partial charge < -0.3 is 5.73 Å². The number of anilines is 1. The summed E-state index contributed by atoms with van der Waals surface area (Å²) in [6.07, 6.45) is -2.76. The van der Waals surface area contributed by atoms with E-state index in [2.05, 4.69) is 4.98 Å². The molecule has 1 rings (SSSR count). The van der Waals surface area contributed by atoms with E-state index in [1.54, 1.807) is 6.07 Å². The first-order chi connectivity index (χ1) is 6.06. The van der Waals surface area contributed by atoms with Crippen molar-refractivity contribution in [2.24, 2.45) is 0 Å². The Balaban J connectivity index is 3.32. The quantitative estimate of drug-likeness (QED) is 0.761. The van der Waals surface area contributed by atoms with Crippen LogP contribution in [0, 0.1) is 11.3 Å². The van der Waals surface area contributed by atoms with Gasteiger partial charge >= 0.3 is 0 Å². The van der Waals surface area contributed by atoms with Gasteiger partial charge in [0.25, 0.3) is 6.43 Å². The fourth-order valence-corrected chi connectivity index (χ4v) is 0.895. The number of hydrogen-bond acceptors (Lipinski definition) is 3. The first-order valence-corrected chi connectivity index (χ1v) is 3.58. The van der Waals surface area contributed by atoms with Gasteiger partial charge in [-0.2, -0.15) is 5.26 Å². The monoisotopic (exact) mass is 203 g/mol. The van der Waals surface area contributed by atoms with Crippen LogP contribution < -0.4 is 5.73 Å². The second-order valence-corrected chi connectivity index (χ2v) is 2.59. The molecule has 0 aliphatic heterocycles. The lowest BCUT2D eigenvalue weighted by molar-refractivity contribution is 0.146. The molecule has 0 bridgehead atoms. The summed E-state index contributed by atoms with van der Waals surface area (Å²) in [6, 6.07) is 2.53. The number of nitriles is 1. The maximum absolute atomic E-state index is 12.1. The molecule has 1 aromatic heterocycles. The standard InChI is InChI=1S/C7H4ClF2N3/c8-6-3(12)1-4(7(9)10)13-5(6)2-11/h1,7H,(H2,12,13). The first kappa shape index (κ1) is 9.68. The molecule has 0 unspecified atom stereocenters. The Hall–Kier alpha value is -1.41. The maximum Gasteiger partial charge on any atom is 0.280 e. The van der Waals surface area contributed by atoms with Gasteiger partial charge in [0.15, 0.2) is 5.69 Å². The molecule has 0 aliphatic rings. The number of nitrogens with zero attached hydrogens (tertiary/aromatic N) is 2. The molecule has 0 atom stereocenters. The van der Waals surface area contributed by atoms with Gasteiger partial charge in [0.05, 0.1) is 5.69 Å². The van der Waals surface area contributed by atoms with Crippen LogP contribution in [0.3, 0.4) is 0 Å². The Bertz CT molecular complexity index is 373. The second kappa shape index (κ2) is 3.54. The number of hydrogen-bond donors (Lipinski definition) is 1. The van der Waals surface area contributed by atoms with Crippen molar-refractivity contribution in [2.75, 3.05) is 5.73 Å². The molecular weight excluding hydrogens is 200 g/mol. The number of nitrogen functional groups attached to an aromatic ring is 1. The van der Waals surface area contributed by atoms with Crippen molar-refractivity contribution < 1.29 is 8.78 Å². The molecular formula is C7H4ClF2N3. The van der Waals surface area contributed by atoms with Crippen LogP contribution >= 0.6 is 11.6 Å². The van der Waals surface area contributed by atoms with E-state index in [0.29, 0.717) is 0 Å². The van der Waals surface area contributed by atoms with Gasteiger partial charge in [0.2, 0.25) is 0 Å². The van der Waals surface area contributed by atoms with E-state index in [9.17, 15) is 8.78 Å². The Morgan fingerprint density at radius 3 is 2.69 bits per heavy atom. The molecule has 0 fully saturated rings. The molecule has 0 aromatic carbocycles. The van der Waals surface area contributed by atoms with Gasteiger partial charge in [-0.25, -0.2) is 13.8 Å². The highest BCUT2D eigenvalue weighted by molar-refractivity contribution is 6.34. The van der Waals surface area contributed by atoms with E-state index in [1.165, 1.54) is 0 Å². The lowest BCUT2D eigenvalue weighted by Gasteiger charge is -2.03. The highest BCUT2D eigenvalue weighted by Crippen LogP contribution is 2.26. The zero-order valence-electron chi connectivity index (χ0n) is 6.26. The fraction of sp³-hybridized carbons (Fsp3) is 0.143. The minimum atomic E-state index is -2.76. The van der Waals surface area contributed by atoms with Crippen molar-refractivity contribution in [2.45, 2.75) is 6.43 Å². The molecule has 2 N–H and O–H groups in total. The summed E-state index contributed by atoms with van der Waals surface area (Å²) in [6.45, 7) is 0. The highest BCUT2D eigenvalue weighted by Gasteiger charge is 2.14. The van der Waals surface area contributed by atoms with Crippen LogP contribution in [0.15, 0.2) is 6.07 Å². The molecule has 68 valence electrons. The molecule has 1 heterocycles. The minimum Gasteiger partial charge on any atom is -0.397 e. The third kappa shape index (κ3) is 1.84. The fourth-order valence-electron chi connectivity index (χ4n) is 0.756. The number of aromatic nitrogens is 1. The molecule has 0 saturated carbocycles. The van der Waals surface area contributed by atoms with Crippen molar-refractivity contribution in [1.29, 1.82) is 5.26 Å². The van der Waals surface area contributed by atoms with Crippen molar-refractivity contribution in [1.82, 2.24) is 4.98 Å². The van der Waals surface area contributed by atoms with E-state index in [-0.39, 0.29) is 16.4 Å². The van der Waals surface area contributed by atoms with Gasteiger partial charge in [-0.1, -0.05) is 11.6 Å². The van der Waals surface area contributed by atoms with Crippen LogP contribution in [-0.2, 0) is 0 Å². The van der Waals surface area contributed by atoms with Crippen LogP contribution in [0.2, 0.25) is 5.02 Å². The number of alkyl halides is 2. The summed E-state index contributed by atoms with van der Waals surface area (Å²) in [5.41, 5.74) is 4.39. The zero-order chi connectivity index (χ0) is 10.0. The van der Waals surface area contributed by atoms with Crippen LogP contribution in [0.5, 0.6) is 0 Å². The van der Waals surface area contributed by atoms with Crippen LogP contribution in [0.25, 0.3) is 0 Å². The summed E-state index contributed by atoms with van der Waals surface area (Å²) in [5.74, 6) is 0. The second-order valence-electron chi connectivity index (χ2n) is 2.21. The van der Waals surface area contributed by atoms with Crippen LogP contribution in [0.1, 0.15) is 17.8 Å². The molecule has 13 heavy (non-hydrogen) atoms. The zero-order valence-corrected chi connectivity index (χ0v) is 7.02. The average molecular weight is 204 g/mol. The topological polar surface area (TPSA) is 62.7 Å². The van der Waals surface area contributed by atoms with Gasteiger partial charge in [0.1, 0.15) is 16.8 Å². The van der Waals surface area contributed by atoms with E-state index in [1.807, 2.05) is 0 Å². The largest absolute Gasteiger partial charge is 0.397 e. The number of rotatable bonds is 1. The molecule has 6 heteroatoms. The SMILES string of the molecule is N#Cc1nc(C(F)F)cc(N)c1Cl. The predicted octanol–water partition coefficient (Wildman–Crippen LogP) is 2.13. The van der Waals surface area contributed by atoms with E-state index in [4.69, 9.17) is 22.6 Å². The predicted molar refractivity (Wildman–Crippen MR) is 43.3 cm³/mol.